The zero-order valence-corrected chi connectivity index (χ0v) is 19.3. The van der Waals surface area contributed by atoms with Gasteiger partial charge in [-0.15, -0.1) is 0 Å². The second-order valence-electron chi connectivity index (χ2n) is 8.39. The van der Waals surface area contributed by atoms with Crippen molar-refractivity contribution in [1.29, 1.82) is 0 Å². The van der Waals surface area contributed by atoms with E-state index in [9.17, 15) is 9.59 Å². The number of ether oxygens (including phenoxy) is 2. The fourth-order valence-electron chi connectivity index (χ4n) is 4.76. The molecule has 0 saturated heterocycles. The molecule has 2 aromatic heterocycles. The Balaban J connectivity index is 1.74. The van der Waals surface area contributed by atoms with Gasteiger partial charge in [-0.3, -0.25) is 14.6 Å². The van der Waals surface area contributed by atoms with Crippen molar-refractivity contribution in [2.24, 2.45) is 0 Å². The van der Waals surface area contributed by atoms with Crippen LogP contribution >= 0.6 is 0 Å². The average molecular weight is 456 g/mol. The van der Waals surface area contributed by atoms with Crippen molar-refractivity contribution in [3.05, 3.63) is 99.1 Å². The molecule has 5 rings (SSSR count). The molecule has 3 heterocycles. The van der Waals surface area contributed by atoms with Gasteiger partial charge in [-0.05, 0) is 65.8 Å². The summed E-state index contributed by atoms with van der Waals surface area (Å²) in [5.41, 5.74) is 4.47. The van der Waals surface area contributed by atoms with Crippen LogP contribution in [0, 0.1) is 6.92 Å². The Morgan fingerprint density at radius 2 is 1.76 bits per heavy atom. The van der Waals surface area contributed by atoms with Crippen molar-refractivity contribution < 1.29 is 14.3 Å². The number of carbonyl (C=O) groups is 1. The average Bonchev–Trinajstić information content (AvgIpc) is 2.87. The molecule has 4 aromatic rings. The molecule has 1 atom stereocenters. The Bertz CT molecular complexity index is 1450. The lowest BCUT2D eigenvalue weighted by molar-refractivity contribution is 0.0693. The zero-order chi connectivity index (χ0) is 23.8. The third-order valence-electron chi connectivity index (χ3n) is 6.47. The van der Waals surface area contributed by atoms with Crippen LogP contribution in [-0.4, -0.2) is 41.5 Å². The molecule has 0 radical (unpaired) electrons. The van der Waals surface area contributed by atoms with Crippen LogP contribution in [-0.2, 0) is 6.42 Å². The van der Waals surface area contributed by atoms with Crippen LogP contribution in [0.3, 0.4) is 0 Å². The van der Waals surface area contributed by atoms with E-state index in [2.05, 4.69) is 9.97 Å². The topological polar surface area (TPSA) is 84.5 Å². The summed E-state index contributed by atoms with van der Waals surface area (Å²) in [5, 5.41) is 0.915. The Kier molecular flexibility index (Phi) is 5.53. The van der Waals surface area contributed by atoms with Gasteiger partial charge in [-0.1, -0.05) is 18.2 Å². The molecule has 1 amide bonds. The Morgan fingerprint density at radius 3 is 2.50 bits per heavy atom. The predicted octanol–water partition coefficient (Wildman–Crippen LogP) is 4.04. The summed E-state index contributed by atoms with van der Waals surface area (Å²) in [5.74, 6) is 1.02. The van der Waals surface area contributed by atoms with Crippen molar-refractivity contribution >= 4 is 16.8 Å². The van der Waals surface area contributed by atoms with Gasteiger partial charge in [-0.25, -0.2) is 0 Å². The van der Waals surface area contributed by atoms with E-state index in [0.717, 1.165) is 27.6 Å². The molecule has 0 saturated carbocycles. The van der Waals surface area contributed by atoms with Crippen molar-refractivity contribution in [3.63, 3.8) is 0 Å². The van der Waals surface area contributed by atoms with Gasteiger partial charge in [0, 0.05) is 30.1 Å². The van der Waals surface area contributed by atoms with Crippen LogP contribution < -0.4 is 15.0 Å². The third kappa shape index (κ3) is 3.59. The number of methoxy groups -OCH3 is 2. The monoisotopic (exact) mass is 455 g/mol. The fourth-order valence-corrected chi connectivity index (χ4v) is 4.76. The third-order valence-corrected chi connectivity index (χ3v) is 6.47. The van der Waals surface area contributed by atoms with Crippen LogP contribution in [0.1, 0.15) is 38.7 Å². The molecule has 0 bridgehead atoms. The fraction of sp³-hybridized carbons (Fsp3) is 0.222. The van der Waals surface area contributed by atoms with E-state index in [-0.39, 0.29) is 11.5 Å². The van der Waals surface area contributed by atoms with E-state index in [1.54, 1.807) is 43.6 Å². The number of aryl methyl sites for hydroxylation is 1. The number of aromatic nitrogens is 2. The highest BCUT2D eigenvalue weighted by molar-refractivity contribution is 5.95. The molecular formula is C27H25N3O4. The number of amides is 1. The minimum atomic E-state index is -0.585. The molecular weight excluding hydrogens is 430 g/mol. The van der Waals surface area contributed by atoms with Crippen LogP contribution in [0.4, 0.5) is 0 Å². The summed E-state index contributed by atoms with van der Waals surface area (Å²) >= 11 is 0. The standard InChI is InChI=1S/C27H25N3O4/c1-16-5-4-6-19-13-21(26(31)29-24(16)19)25-20-15-23(34-3)22(33-2)14-18(20)9-12-30(25)27(32)17-7-10-28-11-8-17/h4-8,10-11,13-15,25H,9,12H2,1-3H3,(H,29,31). The molecule has 1 unspecified atom stereocenters. The molecule has 0 aliphatic carbocycles. The van der Waals surface area contributed by atoms with Gasteiger partial charge in [-0.2, -0.15) is 0 Å². The maximum Gasteiger partial charge on any atom is 0.254 e. The molecule has 1 aliphatic rings. The highest BCUT2D eigenvalue weighted by atomic mass is 16.5. The van der Waals surface area contributed by atoms with Gasteiger partial charge in [0.05, 0.1) is 25.8 Å². The number of pyridine rings is 2. The van der Waals surface area contributed by atoms with E-state index >= 15 is 0 Å². The molecule has 1 N–H and O–H groups in total. The van der Waals surface area contributed by atoms with Crippen LogP contribution in [0.5, 0.6) is 11.5 Å². The largest absolute Gasteiger partial charge is 0.493 e. The number of hydrogen-bond acceptors (Lipinski definition) is 5. The van der Waals surface area contributed by atoms with E-state index < -0.39 is 6.04 Å². The Labute approximate surface area is 197 Å². The Hall–Kier alpha value is -4.13. The van der Waals surface area contributed by atoms with Crippen molar-refractivity contribution in [2.45, 2.75) is 19.4 Å². The minimum Gasteiger partial charge on any atom is -0.493 e. The van der Waals surface area contributed by atoms with E-state index in [1.807, 2.05) is 43.3 Å². The first-order valence-electron chi connectivity index (χ1n) is 11.1. The molecule has 7 heteroatoms. The number of nitrogens with zero attached hydrogens (tertiary/aromatic N) is 2. The first-order chi connectivity index (χ1) is 16.5. The first-order valence-corrected chi connectivity index (χ1v) is 11.1. The molecule has 34 heavy (non-hydrogen) atoms. The van der Waals surface area contributed by atoms with Gasteiger partial charge in [0.25, 0.3) is 11.5 Å². The number of nitrogens with one attached hydrogen (secondary N) is 1. The number of aromatic amines is 1. The summed E-state index contributed by atoms with van der Waals surface area (Å²) in [6.45, 7) is 2.42. The zero-order valence-electron chi connectivity index (χ0n) is 19.3. The maximum absolute atomic E-state index is 13.6. The summed E-state index contributed by atoms with van der Waals surface area (Å²) in [6.07, 6.45) is 3.83. The highest BCUT2D eigenvalue weighted by Crippen LogP contribution is 2.41. The molecule has 2 aromatic carbocycles. The number of fused-ring (bicyclic) bond motifs is 2. The van der Waals surface area contributed by atoms with E-state index in [0.29, 0.717) is 35.6 Å². The SMILES string of the molecule is COc1cc2c(cc1OC)C(c1cc3cccc(C)c3[nH]c1=O)N(C(=O)c1ccncc1)CC2. The minimum absolute atomic E-state index is 0.156. The van der Waals surface area contributed by atoms with Crippen LogP contribution in [0.15, 0.2) is 65.7 Å². The summed E-state index contributed by atoms with van der Waals surface area (Å²) in [7, 11) is 3.17. The lowest BCUT2D eigenvalue weighted by atomic mass is 9.87. The number of carbonyl (C=O) groups excluding carboxylic acids is 1. The number of benzene rings is 2. The maximum atomic E-state index is 13.6. The van der Waals surface area contributed by atoms with E-state index in [1.165, 1.54) is 0 Å². The van der Waals surface area contributed by atoms with Gasteiger partial charge >= 0.3 is 0 Å². The normalized spacial score (nSPS) is 15.1. The number of rotatable bonds is 4. The predicted molar refractivity (Wildman–Crippen MR) is 130 cm³/mol. The van der Waals surface area contributed by atoms with Gasteiger partial charge < -0.3 is 19.4 Å². The van der Waals surface area contributed by atoms with Gasteiger partial charge in [0.2, 0.25) is 0 Å². The van der Waals surface area contributed by atoms with Crippen molar-refractivity contribution in [3.8, 4) is 11.5 Å². The molecule has 172 valence electrons. The lowest BCUT2D eigenvalue weighted by Gasteiger charge is -2.38. The van der Waals surface area contributed by atoms with Gasteiger partial charge in [0.15, 0.2) is 11.5 Å². The second-order valence-corrected chi connectivity index (χ2v) is 8.39. The smallest absolute Gasteiger partial charge is 0.254 e. The van der Waals surface area contributed by atoms with E-state index in [4.69, 9.17) is 9.47 Å². The lowest BCUT2D eigenvalue weighted by Crippen LogP contribution is -2.42. The number of H-pyrrole nitrogens is 1. The first kappa shape index (κ1) is 21.7. The van der Waals surface area contributed by atoms with Crippen LogP contribution in [0.25, 0.3) is 10.9 Å². The van der Waals surface area contributed by atoms with Crippen LogP contribution in [0.2, 0.25) is 0 Å². The Morgan fingerprint density at radius 1 is 1.03 bits per heavy atom. The number of para-hydroxylation sites is 1. The molecule has 1 aliphatic heterocycles. The molecule has 7 nitrogen and oxygen atoms in total. The quantitative estimate of drug-likeness (QED) is 0.502. The van der Waals surface area contributed by atoms with Crippen molar-refractivity contribution in [1.82, 2.24) is 14.9 Å². The number of hydrogen-bond donors (Lipinski definition) is 1. The molecule has 0 fully saturated rings. The summed E-state index contributed by atoms with van der Waals surface area (Å²) < 4.78 is 11.1. The molecule has 0 spiro atoms. The summed E-state index contributed by atoms with van der Waals surface area (Å²) in [4.78, 5) is 35.9. The summed E-state index contributed by atoms with van der Waals surface area (Å²) in [6, 6.07) is 14.4. The second kappa shape index (κ2) is 8.67. The van der Waals surface area contributed by atoms with Gasteiger partial charge in [0.1, 0.15) is 0 Å². The highest BCUT2D eigenvalue weighted by Gasteiger charge is 2.35. The van der Waals surface area contributed by atoms with Crippen molar-refractivity contribution in [2.75, 3.05) is 20.8 Å².